The second kappa shape index (κ2) is 8.80. The summed E-state index contributed by atoms with van der Waals surface area (Å²) in [6.07, 6.45) is 9.17. The number of aliphatic hydroxyl groups excluding tert-OH is 1. The van der Waals surface area contributed by atoms with Gasteiger partial charge in [0.05, 0.1) is 5.70 Å². The molecule has 0 radical (unpaired) electrons. The quantitative estimate of drug-likeness (QED) is 0.629. The summed E-state index contributed by atoms with van der Waals surface area (Å²) >= 11 is 0. The lowest BCUT2D eigenvalue weighted by Crippen LogP contribution is -2.33. The fourth-order valence-corrected chi connectivity index (χ4v) is 2.76. The molecule has 2 rings (SSSR count). The van der Waals surface area contributed by atoms with Gasteiger partial charge < -0.3 is 20.6 Å². The highest BCUT2D eigenvalue weighted by Crippen LogP contribution is 2.30. The van der Waals surface area contributed by atoms with Crippen LogP contribution in [0.15, 0.2) is 42.3 Å². The lowest BCUT2D eigenvalue weighted by Gasteiger charge is -2.32. The molecule has 0 aliphatic heterocycles. The Balaban J connectivity index is 2.19. The minimum Gasteiger partial charge on any atom is -0.375 e. The summed E-state index contributed by atoms with van der Waals surface area (Å²) in [6, 6.07) is 0. The third kappa shape index (κ3) is 4.79. The number of nitrogens with one attached hydrogen (secondary N) is 2. The zero-order valence-electron chi connectivity index (χ0n) is 15.0. The molecular weight excluding hydrogens is 302 g/mol. The zero-order chi connectivity index (χ0) is 17.5. The van der Waals surface area contributed by atoms with Crippen LogP contribution >= 0.6 is 0 Å². The molecule has 0 bridgehead atoms. The molecule has 0 saturated heterocycles. The number of nitrogens with zero attached hydrogens (tertiary/aromatic N) is 3. The van der Waals surface area contributed by atoms with E-state index in [9.17, 15) is 5.11 Å². The van der Waals surface area contributed by atoms with E-state index in [1.54, 1.807) is 12.4 Å². The maximum Gasteiger partial charge on any atom is 0.153 e. The normalized spacial score (nSPS) is 18.8. The van der Waals surface area contributed by atoms with Crippen LogP contribution in [0.4, 0.5) is 0 Å². The predicted molar refractivity (Wildman–Crippen MR) is 95.8 cm³/mol. The molecule has 3 N–H and O–H groups in total. The summed E-state index contributed by atoms with van der Waals surface area (Å²) < 4.78 is 0. The topological polar surface area (TPSA) is 73.3 Å². The van der Waals surface area contributed by atoms with E-state index >= 15 is 0 Å². The van der Waals surface area contributed by atoms with Gasteiger partial charge in [-0.3, -0.25) is 0 Å². The van der Waals surface area contributed by atoms with Crippen molar-refractivity contribution < 1.29 is 5.11 Å². The summed E-state index contributed by atoms with van der Waals surface area (Å²) in [5.74, 6) is 1.10. The first-order valence-corrected chi connectivity index (χ1v) is 8.49. The van der Waals surface area contributed by atoms with Crippen LogP contribution in [0.5, 0.6) is 0 Å². The summed E-state index contributed by atoms with van der Waals surface area (Å²) in [4.78, 5) is 10.2. The van der Waals surface area contributed by atoms with E-state index in [2.05, 4.69) is 58.5 Å². The Morgan fingerprint density at radius 3 is 2.67 bits per heavy atom. The average Bonchev–Trinajstić information content (AvgIpc) is 2.60. The molecule has 1 heterocycles. The Morgan fingerprint density at radius 2 is 2.04 bits per heavy atom. The summed E-state index contributed by atoms with van der Waals surface area (Å²) in [5, 5.41) is 16.8. The van der Waals surface area contributed by atoms with Gasteiger partial charge in [-0.15, -0.1) is 0 Å². The van der Waals surface area contributed by atoms with Gasteiger partial charge in [-0.2, -0.15) is 0 Å². The molecule has 2 unspecified atom stereocenters. The predicted octanol–water partition coefficient (Wildman–Crippen LogP) is 1.65. The highest BCUT2D eigenvalue weighted by atomic mass is 16.3. The minimum absolute atomic E-state index is 0.514. The number of hydrogen-bond acceptors (Lipinski definition) is 6. The number of likely N-dealkylation sites (N-methyl/N-ethyl adjacent to an activating group) is 2. The molecule has 0 amide bonds. The van der Waals surface area contributed by atoms with Crippen molar-refractivity contribution in [3.8, 4) is 0 Å². The van der Waals surface area contributed by atoms with Crippen LogP contribution in [0.2, 0.25) is 0 Å². The van der Waals surface area contributed by atoms with Crippen molar-refractivity contribution in [2.75, 3.05) is 27.2 Å². The molecule has 24 heavy (non-hydrogen) atoms. The number of rotatable bonds is 8. The third-order valence-corrected chi connectivity index (χ3v) is 4.45. The van der Waals surface area contributed by atoms with Gasteiger partial charge in [0.15, 0.2) is 6.23 Å². The van der Waals surface area contributed by atoms with E-state index < -0.39 is 6.23 Å². The summed E-state index contributed by atoms with van der Waals surface area (Å²) in [7, 11) is 4.06. The van der Waals surface area contributed by atoms with E-state index in [1.165, 1.54) is 12.0 Å². The van der Waals surface area contributed by atoms with Crippen molar-refractivity contribution in [2.45, 2.75) is 26.5 Å². The Morgan fingerprint density at radius 1 is 1.33 bits per heavy atom. The number of aliphatic hydroxyl groups is 1. The standard InChI is InChI=1S/C18H29N5O/c1-13(2)14-5-6-16(17(9-14)23(4)8-7-19-3)22-18(24)15-10-20-12-21-11-15/h5-6,10-14,18-19,22,24H,7-9H2,1-4H3. The molecule has 1 aromatic rings. The smallest absolute Gasteiger partial charge is 0.153 e. The first-order valence-electron chi connectivity index (χ1n) is 8.49. The van der Waals surface area contributed by atoms with Crippen molar-refractivity contribution in [2.24, 2.45) is 11.8 Å². The van der Waals surface area contributed by atoms with Gasteiger partial charge in [0, 0.05) is 43.8 Å². The van der Waals surface area contributed by atoms with E-state index in [0.717, 1.165) is 25.2 Å². The largest absolute Gasteiger partial charge is 0.375 e. The van der Waals surface area contributed by atoms with Gasteiger partial charge in [-0.1, -0.05) is 19.9 Å². The molecule has 1 aliphatic rings. The van der Waals surface area contributed by atoms with E-state index in [4.69, 9.17) is 0 Å². The van der Waals surface area contributed by atoms with Gasteiger partial charge in [0.2, 0.25) is 0 Å². The molecule has 1 aliphatic carbocycles. The van der Waals surface area contributed by atoms with E-state index in [1.807, 2.05) is 7.05 Å². The van der Waals surface area contributed by atoms with Crippen LogP contribution in [-0.2, 0) is 0 Å². The van der Waals surface area contributed by atoms with Crippen LogP contribution in [-0.4, -0.2) is 47.2 Å². The van der Waals surface area contributed by atoms with Crippen LogP contribution in [0, 0.1) is 11.8 Å². The molecule has 0 saturated carbocycles. The maximum atomic E-state index is 10.4. The SMILES string of the molecule is CNCCN(C)C1=C(NC(O)c2cncnc2)C=CC(C(C)C)C1. The van der Waals surface area contributed by atoms with Gasteiger partial charge >= 0.3 is 0 Å². The summed E-state index contributed by atoms with van der Waals surface area (Å²) in [5.41, 5.74) is 2.84. The minimum atomic E-state index is -0.825. The monoisotopic (exact) mass is 331 g/mol. The fraction of sp³-hybridized carbons (Fsp3) is 0.556. The molecule has 0 fully saturated rings. The van der Waals surface area contributed by atoms with Gasteiger partial charge in [0.1, 0.15) is 6.33 Å². The number of hydrogen-bond donors (Lipinski definition) is 3. The van der Waals surface area contributed by atoms with Crippen LogP contribution < -0.4 is 10.6 Å². The third-order valence-electron chi connectivity index (χ3n) is 4.45. The van der Waals surface area contributed by atoms with Crippen LogP contribution in [0.25, 0.3) is 0 Å². The lowest BCUT2D eigenvalue weighted by atomic mass is 9.86. The molecular formula is C18H29N5O. The zero-order valence-corrected chi connectivity index (χ0v) is 15.0. The molecule has 6 heteroatoms. The first-order chi connectivity index (χ1) is 11.5. The molecule has 0 aromatic carbocycles. The Hall–Kier alpha value is -1.92. The van der Waals surface area contributed by atoms with Crippen molar-refractivity contribution in [1.29, 1.82) is 0 Å². The van der Waals surface area contributed by atoms with E-state index in [-0.39, 0.29) is 0 Å². The van der Waals surface area contributed by atoms with Gasteiger partial charge in [-0.25, -0.2) is 9.97 Å². The Bertz CT molecular complexity index is 570. The summed E-state index contributed by atoms with van der Waals surface area (Å²) in [6.45, 7) is 6.32. The highest BCUT2D eigenvalue weighted by Gasteiger charge is 2.23. The Kier molecular flexibility index (Phi) is 6.75. The van der Waals surface area contributed by atoms with Crippen LogP contribution in [0.1, 0.15) is 32.1 Å². The highest BCUT2D eigenvalue weighted by molar-refractivity contribution is 5.30. The second-order valence-corrected chi connectivity index (χ2v) is 6.58. The van der Waals surface area contributed by atoms with Gasteiger partial charge in [0.25, 0.3) is 0 Å². The molecule has 2 atom stereocenters. The van der Waals surface area contributed by atoms with Crippen molar-refractivity contribution in [1.82, 2.24) is 25.5 Å². The van der Waals surface area contributed by atoms with Crippen LogP contribution in [0.3, 0.4) is 0 Å². The van der Waals surface area contributed by atoms with Crippen molar-refractivity contribution >= 4 is 0 Å². The molecule has 132 valence electrons. The second-order valence-electron chi connectivity index (χ2n) is 6.58. The van der Waals surface area contributed by atoms with Crippen molar-refractivity contribution in [3.05, 3.63) is 47.8 Å². The fourth-order valence-electron chi connectivity index (χ4n) is 2.76. The maximum absolute atomic E-state index is 10.4. The van der Waals surface area contributed by atoms with E-state index in [0.29, 0.717) is 17.4 Å². The molecule has 1 aromatic heterocycles. The lowest BCUT2D eigenvalue weighted by molar-refractivity contribution is 0.150. The number of allylic oxidation sites excluding steroid dienone is 3. The molecule has 6 nitrogen and oxygen atoms in total. The number of aromatic nitrogens is 2. The first kappa shape index (κ1) is 18.4. The molecule has 0 spiro atoms. The van der Waals surface area contributed by atoms with Crippen molar-refractivity contribution in [3.63, 3.8) is 0 Å². The van der Waals surface area contributed by atoms with Gasteiger partial charge in [-0.05, 0) is 31.4 Å². The average molecular weight is 331 g/mol. The Labute approximate surface area is 144 Å².